The van der Waals surface area contributed by atoms with E-state index in [4.69, 9.17) is 10.5 Å². The quantitative estimate of drug-likeness (QED) is 0.814. The molecule has 5 heteroatoms. The van der Waals surface area contributed by atoms with Crippen LogP contribution in [0.3, 0.4) is 0 Å². The summed E-state index contributed by atoms with van der Waals surface area (Å²) in [5, 5.41) is 0. The van der Waals surface area contributed by atoms with Gasteiger partial charge in [0.1, 0.15) is 5.82 Å². The summed E-state index contributed by atoms with van der Waals surface area (Å²) in [6.07, 6.45) is 0. The third kappa shape index (κ3) is 2.50. The highest BCUT2D eigenvalue weighted by molar-refractivity contribution is 5.44. The second kappa shape index (κ2) is 4.37. The molecule has 2 N–H and O–H groups in total. The van der Waals surface area contributed by atoms with Gasteiger partial charge >= 0.3 is 0 Å². The van der Waals surface area contributed by atoms with E-state index >= 15 is 0 Å². The Hall–Kier alpha value is -2.17. The molecule has 0 aliphatic heterocycles. The van der Waals surface area contributed by atoms with Gasteiger partial charge in [-0.1, -0.05) is 0 Å². The average Bonchev–Trinajstić information content (AvgIpc) is 2.25. The van der Waals surface area contributed by atoms with Gasteiger partial charge in [-0.2, -0.15) is 0 Å². The molecule has 0 atom stereocenters. The first-order chi connectivity index (χ1) is 8.06. The van der Waals surface area contributed by atoms with Gasteiger partial charge in [0.15, 0.2) is 23.1 Å². The summed E-state index contributed by atoms with van der Waals surface area (Å²) in [4.78, 5) is 0. The Balaban J connectivity index is 2.31. The van der Waals surface area contributed by atoms with Crippen LogP contribution in [0.5, 0.6) is 11.5 Å². The van der Waals surface area contributed by atoms with E-state index in [-0.39, 0.29) is 17.2 Å². The van der Waals surface area contributed by atoms with Gasteiger partial charge in [0.25, 0.3) is 0 Å². The predicted octanol–water partition coefficient (Wildman–Crippen LogP) is 3.48. The topological polar surface area (TPSA) is 35.2 Å². The zero-order chi connectivity index (χ0) is 12.4. The molecule has 88 valence electrons. The largest absolute Gasteiger partial charge is 0.451 e. The minimum Gasteiger partial charge on any atom is -0.451 e. The number of nitrogen functional groups attached to an aromatic ring is 1. The monoisotopic (exact) mass is 239 g/mol. The lowest BCUT2D eigenvalue weighted by Gasteiger charge is -2.08. The summed E-state index contributed by atoms with van der Waals surface area (Å²) in [6.45, 7) is 0. The molecule has 2 aromatic carbocycles. The van der Waals surface area contributed by atoms with Gasteiger partial charge in [0.2, 0.25) is 0 Å². The molecule has 0 saturated carbocycles. The molecule has 2 rings (SSSR count). The van der Waals surface area contributed by atoms with Crippen LogP contribution in [-0.2, 0) is 0 Å². The molecule has 0 heterocycles. The first kappa shape index (κ1) is 11.3. The molecule has 17 heavy (non-hydrogen) atoms. The normalized spacial score (nSPS) is 10.3. The molecule has 0 radical (unpaired) electrons. The Kier molecular flexibility index (Phi) is 2.91. The molecule has 0 spiro atoms. The van der Waals surface area contributed by atoms with Crippen molar-refractivity contribution in [2.24, 2.45) is 0 Å². The smallest absolute Gasteiger partial charge is 0.168 e. The Morgan fingerprint density at radius 1 is 0.824 bits per heavy atom. The lowest BCUT2D eigenvalue weighted by molar-refractivity contribution is 0.412. The van der Waals surface area contributed by atoms with Crippen LogP contribution in [0.15, 0.2) is 36.4 Å². The minimum atomic E-state index is -0.902. The first-order valence-electron chi connectivity index (χ1n) is 4.74. The Labute approximate surface area is 95.4 Å². The van der Waals surface area contributed by atoms with Crippen molar-refractivity contribution in [2.45, 2.75) is 0 Å². The van der Waals surface area contributed by atoms with E-state index < -0.39 is 17.5 Å². The molecular weight excluding hydrogens is 231 g/mol. The fourth-order valence-corrected chi connectivity index (χ4v) is 1.28. The van der Waals surface area contributed by atoms with E-state index in [9.17, 15) is 13.2 Å². The molecule has 0 aliphatic carbocycles. The Morgan fingerprint density at radius 2 is 1.41 bits per heavy atom. The van der Waals surface area contributed by atoms with Crippen LogP contribution in [0.2, 0.25) is 0 Å². The highest BCUT2D eigenvalue weighted by atomic mass is 19.1. The van der Waals surface area contributed by atoms with Crippen LogP contribution in [0.1, 0.15) is 0 Å². The summed E-state index contributed by atoms with van der Waals surface area (Å²) in [6, 6.07) is 6.50. The molecule has 0 saturated heterocycles. The fourth-order valence-electron chi connectivity index (χ4n) is 1.28. The zero-order valence-corrected chi connectivity index (χ0v) is 8.58. The number of rotatable bonds is 2. The molecule has 2 nitrogen and oxygen atoms in total. The lowest BCUT2D eigenvalue weighted by atomic mass is 10.3. The minimum absolute atomic E-state index is 0.176. The number of hydrogen-bond acceptors (Lipinski definition) is 2. The molecule has 0 unspecified atom stereocenters. The van der Waals surface area contributed by atoms with E-state index in [0.29, 0.717) is 6.07 Å². The molecule has 0 amide bonds. The highest BCUT2D eigenvalue weighted by Crippen LogP contribution is 2.28. The molecule has 0 fully saturated rings. The number of nitrogens with two attached hydrogens (primary N) is 1. The van der Waals surface area contributed by atoms with E-state index in [1.54, 1.807) is 0 Å². The van der Waals surface area contributed by atoms with E-state index in [1.165, 1.54) is 12.1 Å². The van der Waals surface area contributed by atoms with Gasteiger partial charge in [0, 0.05) is 17.8 Å². The molecular formula is C12H8F3NO. The van der Waals surface area contributed by atoms with Gasteiger partial charge in [-0.05, 0) is 24.3 Å². The van der Waals surface area contributed by atoms with Crippen LogP contribution in [0.25, 0.3) is 0 Å². The molecule has 0 bridgehead atoms. The van der Waals surface area contributed by atoms with Crippen LogP contribution < -0.4 is 10.5 Å². The summed E-state index contributed by atoms with van der Waals surface area (Å²) in [5.41, 5.74) is 5.58. The zero-order valence-electron chi connectivity index (χ0n) is 8.58. The maximum atomic E-state index is 13.3. The van der Waals surface area contributed by atoms with Crippen molar-refractivity contribution in [1.82, 2.24) is 0 Å². The van der Waals surface area contributed by atoms with Crippen molar-refractivity contribution in [1.29, 1.82) is 0 Å². The van der Waals surface area contributed by atoms with Crippen LogP contribution in [0, 0.1) is 17.5 Å². The maximum Gasteiger partial charge on any atom is 0.168 e. The molecule has 0 aliphatic rings. The lowest BCUT2D eigenvalue weighted by Crippen LogP contribution is -1.93. The average molecular weight is 239 g/mol. The van der Waals surface area contributed by atoms with Crippen molar-refractivity contribution in [3.63, 3.8) is 0 Å². The third-order valence-corrected chi connectivity index (χ3v) is 2.07. The van der Waals surface area contributed by atoms with Crippen LogP contribution in [-0.4, -0.2) is 0 Å². The summed E-state index contributed by atoms with van der Waals surface area (Å²) < 4.78 is 44.2. The number of benzene rings is 2. The highest BCUT2D eigenvalue weighted by Gasteiger charge is 2.09. The van der Waals surface area contributed by atoms with Gasteiger partial charge in [0.05, 0.1) is 0 Å². The fraction of sp³-hybridized carbons (Fsp3) is 0. The molecule has 2 aromatic rings. The van der Waals surface area contributed by atoms with Gasteiger partial charge in [-0.15, -0.1) is 0 Å². The molecule has 0 aromatic heterocycles. The number of halogens is 3. The van der Waals surface area contributed by atoms with Crippen molar-refractivity contribution in [2.75, 3.05) is 5.73 Å². The second-order valence-corrected chi connectivity index (χ2v) is 3.37. The van der Waals surface area contributed by atoms with Crippen LogP contribution in [0.4, 0.5) is 18.9 Å². The van der Waals surface area contributed by atoms with Crippen molar-refractivity contribution in [3.05, 3.63) is 53.8 Å². The third-order valence-electron chi connectivity index (χ3n) is 2.07. The van der Waals surface area contributed by atoms with Crippen molar-refractivity contribution < 1.29 is 17.9 Å². The first-order valence-corrected chi connectivity index (χ1v) is 4.74. The number of hydrogen-bond donors (Lipinski definition) is 1. The SMILES string of the molecule is Nc1ccc(Oc2ccc(F)cc2F)c(F)c1. The van der Waals surface area contributed by atoms with Crippen LogP contribution >= 0.6 is 0 Å². The summed E-state index contributed by atoms with van der Waals surface area (Å²) in [5.74, 6) is -2.78. The number of ether oxygens (including phenoxy) is 1. The Bertz CT molecular complexity index is 508. The predicted molar refractivity (Wildman–Crippen MR) is 57.2 cm³/mol. The number of anilines is 1. The van der Waals surface area contributed by atoms with Gasteiger partial charge in [-0.25, -0.2) is 13.2 Å². The standard InChI is InChI=1S/C12H8F3NO/c13-7-1-3-11(9(14)5-7)17-12-4-2-8(16)6-10(12)15/h1-6H,16H2. The van der Waals surface area contributed by atoms with Gasteiger partial charge < -0.3 is 10.5 Å². The second-order valence-electron chi connectivity index (χ2n) is 3.37. The van der Waals surface area contributed by atoms with Crippen molar-refractivity contribution in [3.8, 4) is 11.5 Å². The van der Waals surface area contributed by atoms with E-state index in [1.807, 2.05) is 0 Å². The van der Waals surface area contributed by atoms with Crippen molar-refractivity contribution >= 4 is 5.69 Å². The maximum absolute atomic E-state index is 13.3. The Morgan fingerprint density at radius 3 is 2.00 bits per heavy atom. The van der Waals surface area contributed by atoms with Gasteiger partial charge in [-0.3, -0.25) is 0 Å². The van der Waals surface area contributed by atoms with E-state index in [2.05, 4.69) is 0 Å². The summed E-state index contributed by atoms with van der Waals surface area (Å²) in [7, 11) is 0. The van der Waals surface area contributed by atoms with E-state index in [0.717, 1.165) is 18.2 Å². The summed E-state index contributed by atoms with van der Waals surface area (Å²) >= 11 is 0.